The van der Waals surface area contributed by atoms with Gasteiger partial charge in [0.25, 0.3) is 5.91 Å². The number of carbonyl (C=O) groups excluding carboxylic acids is 1. The number of hydrogen-bond acceptors (Lipinski definition) is 4. The van der Waals surface area contributed by atoms with E-state index in [1.807, 2.05) is 61.6 Å². The molecule has 0 saturated carbocycles. The number of fused-ring (bicyclic) bond motifs is 1. The van der Waals surface area contributed by atoms with Gasteiger partial charge in [-0.05, 0) is 60.7 Å². The summed E-state index contributed by atoms with van der Waals surface area (Å²) in [4.78, 5) is 22.3. The van der Waals surface area contributed by atoms with Crippen molar-refractivity contribution in [3.8, 4) is 0 Å². The van der Waals surface area contributed by atoms with Crippen LogP contribution in [0, 0.1) is 0 Å². The van der Waals surface area contributed by atoms with Crippen molar-refractivity contribution in [2.75, 3.05) is 25.5 Å². The van der Waals surface area contributed by atoms with Gasteiger partial charge in [0, 0.05) is 62.1 Å². The zero-order chi connectivity index (χ0) is 24.9. The van der Waals surface area contributed by atoms with Crippen LogP contribution in [0.25, 0.3) is 10.9 Å². The van der Waals surface area contributed by atoms with Gasteiger partial charge in [0.2, 0.25) is 0 Å². The van der Waals surface area contributed by atoms with Crippen LogP contribution < -0.4 is 10.2 Å². The summed E-state index contributed by atoms with van der Waals surface area (Å²) in [6.45, 7) is 1.54. The van der Waals surface area contributed by atoms with Crippen LogP contribution in [0.5, 0.6) is 0 Å². The predicted octanol–water partition coefficient (Wildman–Crippen LogP) is 5.31. The molecule has 36 heavy (non-hydrogen) atoms. The van der Waals surface area contributed by atoms with E-state index in [9.17, 15) is 4.79 Å². The third kappa shape index (κ3) is 5.42. The molecule has 184 valence electrons. The fraction of sp³-hybridized carbons (Fsp3) is 0.290. The molecule has 2 atom stereocenters. The van der Waals surface area contributed by atoms with E-state index in [-0.39, 0.29) is 11.9 Å². The van der Waals surface area contributed by atoms with E-state index in [2.05, 4.69) is 63.7 Å². The Morgan fingerprint density at radius 2 is 1.81 bits per heavy atom. The largest absolute Gasteiger partial charge is 0.378 e. The van der Waals surface area contributed by atoms with Gasteiger partial charge >= 0.3 is 0 Å². The number of carbonyl (C=O) groups is 1. The second-order valence-electron chi connectivity index (χ2n) is 9.88. The third-order valence-electron chi connectivity index (χ3n) is 7.22. The van der Waals surface area contributed by atoms with E-state index in [0.29, 0.717) is 6.04 Å². The normalized spacial score (nSPS) is 17.8. The number of nitrogens with zero attached hydrogens (tertiary/aromatic N) is 3. The number of rotatable bonds is 7. The number of amides is 1. The van der Waals surface area contributed by atoms with Crippen molar-refractivity contribution in [3.05, 3.63) is 108 Å². The number of hydrogen-bond donors (Lipinski definition) is 1. The van der Waals surface area contributed by atoms with Crippen molar-refractivity contribution in [2.45, 2.75) is 37.9 Å². The monoisotopic (exact) mass is 478 g/mol. The Morgan fingerprint density at radius 3 is 2.64 bits per heavy atom. The quantitative estimate of drug-likeness (QED) is 0.391. The molecule has 0 spiro atoms. The molecule has 0 aliphatic carbocycles. The zero-order valence-electron chi connectivity index (χ0n) is 21.1. The molecule has 1 saturated heterocycles. The number of likely N-dealkylation sites (tertiary alicyclic amines) is 1. The maximum atomic E-state index is 13.7. The van der Waals surface area contributed by atoms with Gasteiger partial charge < -0.3 is 15.1 Å². The Morgan fingerprint density at radius 1 is 1.00 bits per heavy atom. The number of pyridine rings is 1. The first-order chi connectivity index (χ1) is 17.6. The molecule has 5 nitrogen and oxygen atoms in total. The second kappa shape index (κ2) is 10.9. The van der Waals surface area contributed by atoms with E-state index < -0.39 is 0 Å². The van der Waals surface area contributed by atoms with E-state index >= 15 is 0 Å². The van der Waals surface area contributed by atoms with Crippen LogP contribution in [0.3, 0.4) is 0 Å². The van der Waals surface area contributed by atoms with Crippen LogP contribution in [0.1, 0.15) is 34.3 Å². The molecule has 0 unspecified atom stereocenters. The van der Waals surface area contributed by atoms with Gasteiger partial charge in [0.05, 0.1) is 5.52 Å². The van der Waals surface area contributed by atoms with Gasteiger partial charge in [-0.1, -0.05) is 54.6 Å². The highest BCUT2D eigenvalue weighted by Gasteiger charge is 2.32. The highest BCUT2D eigenvalue weighted by molar-refractivity contribution is 5.95. The van der Waals surface area contributed by atoms with Crippen molar-refractivity contribution < 1.29 is 4.79 Å². The van der Waals surface area contributed by atoms with Crippen molar-refractivity contribution in [1.29, 1.82) is 0 Å². The van der Waals surface area contributed by atoms with Crippen LogP contribution in [-0.2, 0) is 13.0 Å². The molecule has 3 aromatic carbocycles. The van der Waals surface area contributed by atoms with E-state index in [4.69, 9.17) is 0 Å². The Kier molecular flexibility index (Phi) is 7.28. The highest BCUT2D eigenvalue weighted by atomic mass is 16.2. The fourth-order valence-electron chi connectivity index (χ4n) is 5.23. The van der Waals surface area contributed by atoms with Crippen molar-refractivity contribution >= 4 is 22.5 Å². The molecule has 4 aromatic rings. The standard InChI is InChI=1S/C31H34N4O/c1-34(2)27-12-8-11-24(20-27)31(36)35-18-16-26(21-28(35)19-23-9-4-3-5-10-23)33-22-25-15-17-32-30-14-7-6-13-29(25)30/h3-15,17,20,26,28,33H,16,18-19,21-22H2,1-2H3/t26-,28+/m0/s1. The molecule has 1 aliphatic heterocycles. The van der Waals surface area contributed by atoms with Gasteiger partial charge in [0.15, 0.2) is 0 Å². The fourth-order valence-corrected chi connectivity index (χ4v) is 5.23. The lowest BCUT2D eigenvalue weighted by Crippen LogP contribution is -2.51. The summed E-state index contributed by atoms with van der Waals surface area (Å²) in [5.74, 6) is 0.123. The maximum Gasteiger partial charge on any atom is 0.254 e. The van der Waals surface area contributed by atoms with Crippen LogP contribution in [0.15, 0.2) is 91.1 Å². The molecular weight excluding hydrogens is 444 g/mol. The Labute approximate surface area is 213 Å². The van der Waals surface area contributed by atoms with Crippen LogP contribution >= 0.6 is 0 Å². The minimum absolute atomic E-state index is 0.123. The summed E-state index contributed by atoms with van der Waals surface area (Å²) in [5.41, 5.74) is 5.36. The first-order valence-electron chi connectivity index (χ1n) is 12.8. The third-order valence-corrected chi connectivity index (χ3v) is 7.22. The number of anilines is 1. The number of benzene rings is 3. The van der Waals surface area contributed by atoms with E-state index in [1.54, 1.807) is 0 Å². The lowest BCUT2D eigenvalue weighted by atomic mass is 9.91. The average Bonchev–Trinajstić information content (AvgIpc) is 2.92. The minimum Gasteiger partial charge on any atom is -0.378 e. The first kappa shape index (κ1) is 24.0. The Bertz CT molecular complexity index is 1320. The number of nitrogens with one attached hydrogen (secondary N) is 1. The van der Waals surface area contributed by atoms with Crippen LogP contribution in [0.4, 0.5) is 5.69 Å². The van der Waals surface area contributed by atoms with Crippen molar-refractivity contribution in [1.82, 2.24) is 15.2 Å². The molecule has 5 rings (SSSR count). The molecule has 1 fully saturated rings. The van der Waals surface area contributed by atoms with Gasteiger partial charge in [-0.2, -0.15) is 0 Å². The molecule has 5 heteroatoms. The van der Waals surface area contributed by atoms with Crippen LogP contribution in [-0.4, -0.2) is 48.5 Å². The number of piperidine rings is 1. The second-order valence-corrected chi connectivity index (χ2v) is 9.88. The molecule has 0 bridgehead atoms. The SMILES string of the molecule is CN(C)c1cccc(C(=O)N2CC[C@H](NCc3ccnc4ccccc34)C[C@H]2Cc2ccccc2)c1. The first-order valence-corrected chi connectivity index (χ1v) is 12.8. The molecular formula is C31H34N4O. The van der Waals surface area contributed by atoms with Crippen molar-refractivity contribution in [2.24, 2.45) is 0 Å². The molecule has 2 heterocycles. The topological polar surface area (TPSA) is 48.5 Å². The smallest absolute Gasteiger partial charge is 0.254 e. The summed E-state index contributed by atoms with van der Waals surface area (Å²) in [6, 6.07) is 29.4. The summed E-state index contributed by atoms with van der Waals surface area (Å²) in [7, 11) is 4.01. The number of aromatic nitrogens is 1. The number of para-hydroxylation sites is 1. The summed E-state index contributed by atoms with van der Waals surface area (Å²) < 4.78 is 0. The molecule has 1 N–H and O–H groups in total. The zero-order valence-corrected chi connectivity index (χ0v) is 21.1. The Balaban J connectivity index is 1.33. The summed E-state index contributed by atoms with van der Waals surface area (Å²) in [5, 5.41) is 4.99. The van der Waals surface area contributed by atoms with Crippen LogP contribution in [0.2, 0.25) is 0 Å². The lowest BCUT2D eigenvalue weighted by molar-refractivity contribution is 0.0576. The highest BCUT2D eigenvalue weighted by Crippen LogP contribution is 2.25. The van der Waals surface area contributed by atoms with E-state index in [1.165, 1.54) is 16.5 Å². The minimum atomic E-state index is 0.123. The Hall–Kier alpha value is -3.70. The van der Waals surface area contributed by atoms with Gasteiger partial charge in [-0.25, -0.2) is 0 Å². The van der Waals surface area contributed by atoms with Gasteiger partial charge in [-0.15, -0.1) is 0 Å². The van der Waals surface area contributed by atoms with E-state index in [0.717, 1.165) is 49.1 Å². The molecule has 1 aromatic heterocycles. The van der Waals surface area contributed by atoms with Gasteiger partial charge in [-0.3, -0.25) is 9.78 Å². The lowest BCUT2D eigenvalue weighted by Gasteiger charge is -2.40. The molecule has 1 amide bonds. The van der Waals surface area contributed by atoms with Crippen molar-refractivity contribution in [3.63, 3.8) is 0 Å². The molecule has 0 radical (unpaired) electrons. The average molecular weight is 479 g/mol. The summed E-state index contributed by atoms with van der Waals surface area (Å²) in [6.07, 6.45) is 4.61. The molecule has 1 aliphatic rings. The summed E-state index contributed by atoms with van der Waals surface area (Å²) >= 11 is 0. The maximum absolute atomic E-state index is 13.7. The van der Waals surface area contributed by atoms with Gasteiger partial charge in [0.1, 0.15) is 0 Å². The predicted molar refractivity (Wildman–Crippen MR) is 147 cm³/mol.